The highest BCUT2D eigenvalue weighted by Gasteiger charge is 2.13. The Morgan fingerprint density at radius 3 is 2.19 bits per heavy atom. The molecule has 2 rings (SSSR count). The summed E-state index contributed by atoms with van der Waals surface area (Å²) in [5.41, 5.74) is 1.77. The number of hydrogen-bond acceptors (Lipinski definition) is 4. The Hall–Kier alpha value is -2.36. The van der Waals surface area contributed by atoms with E-state index in [4.69, 9.17) is 9.47 Å². The zero-order valence-electron chi connectivity index (χ0n) is 12.6. The van der Waals surface area contributed by atoms with Gasteiger partial charge in [-0.3, -0.25) is 0 Å². The van der Waals surface area contributed by atoms with Crippen LogP contribution in [0.3, 0.4) is 0 Å². The fourth-order valence-corrected chi connectivity index (χ4v) is 2.27. The molecule has 4 heteroatoms. The van der Waals surface area contributed by atoms with Crippen LogP contribution in [0.5, 0.6) is 17.2 Å². The van der Waals surface area contributed by atoms with Crippen LogP contribution in [-0.4, -0.2) is 19.3 Å². The summed E-state index contributed by atoms with van der Waals surface area (Å²) in [5.74, 6) is 1.75. The van der Waals surface area contributed by atoms with Gasteiger partial charge in [-0.05, 0) is 12.5 Å². The van der Waals surface area contributed by atoms with E-state index in [-0.39, 0.29) is 6.04 Å². The minimum absolute atomic E-state index is 0.0167. The average Bonchev–Trinajstić information content (AvgIpc) is 2.53. The maximum atomic E-state index is 10.0. The highest BCUT2D eigenvalue weighted by molar-refractivity contribution is 5.55. The number of rotatable bonds is 6. The van der Waals surface area contributed by atoms with Crippen molar-refractivity contribution in [2.45, 2.75) is 19.4 Å². The van der Waals surface area contributed by atoms with E-state index >= 15 is 0 Å². The monoisotopic (exact) mass is 287 g/mol. The van der Waals surface area contributed by atoms with E-state index in [1.54, 1.807) is 20.3 Å². The fraction of sp³-hybridized carbons (Fsp3) is 0.294. The van der Waals surface area contributed by atoms with E-state index < -0.39 is 0 Å². The highest BCUT2D eigenvalue weighted by Crippen LogP contribution is 2.32. The van der Waals surface area contributed by atoms with Crippen molar-refractivity contribution in [3.8, 4) is 17.2 Å². The molecule has 0 amide bonds. The molecule has 2 aromatic carbocycles. The van der Waals surface area contributed by atoms with Crippen molar-refractivity contribution < 1.29 is 14.6 Å². The third-order valence-corrected chi connectivity index (χ3v) is 3.41. The molecule has 1 unspecified atom stereocenters. The van der Waals surface area contributed by atoms with Crippen molar-refractivity contribution in [2.75, 3.05) is 19.5 Å². The van der Waals surface area contributed by atoms with Crippen molar-refractivity contribution in [3.63, 3.8) is 0 Å². The van der Waals surface area contributed by atoms with Crippen LogP contribution in [0.4, 0.5) is 5.69 Å². The number of hydrogen-bond donors (Lipinski definition) is 2. The van der Waals surface area contributed by atoms with E-state index in [0.717, 1.165) is 29.2 Å². The van der Waals surface area contributed by atoms with Gasteiger partial charge in [0.1, 0.15) is 17.2 Å². The Bertz CT molecular complexity index is 576. The van der Waals surface area contributed by atoms with E-state index in [1.165, 1.54) is 0 Å². The van der Waals surface area contributed by atoms with Gasteiger partial charge < -0.3 is 19.9 Å². The predicted octanol–water partition coefficient (Wildman–Crippen LogP) is 3.97. The number of benzene rings is 2. The van der Waals surface area contributed by atoms with Crippen molar-refractivity contribution in [3.05, 3.63) is 48.0 Å². The lowest BCUT2D eigenvalue weighted by Gasteiger charge is -2.20. The Balaban J connectivity index is 2.28. The molecule has 0 bridgehead atoms. The molecule has 0 saturated heterocycles. The molecule has 0 heterocycles. The van der Waals surface area contributed by atoms with Gasteiger partial charge >= 0.3 is 0 Å². The molecular weight excluding hydrogens is 266 g/mol. The Kier molecular flexibility index (Phi) is 4.93. The highest BCUT2D eigenvalue weighted by atomic mass is 16.5. The molecule has 0 aliphatic heterocycles. The molecule has 0 fully saturated rings. The van der Waals surface area contributed by atoms with Crippen LogP contribution in [0, 0.1) is 0 Å². The molecule has 21 heavy (non-hydrogen) atoms. The van der Waals surface area contributed by atoms with Crippen LogP contribution >= 0.6 is 0 Å². The second-order valence-electron chi connectivity index (χ2n) is 4.77. The van der Waals surface area contributed by atoms with Gasteiger partial charge in [0.2, 0.25) is 0 Å². The number of ether oxygens (including phenoxy) is 2. The quantitative estimate of drug-likeness (QED) is 0.844. The van der Waals surface area contributed by atoms with Gasteiger partial charge in [0.05, 0.1) is 20.3 Å². The summed E-state index contributed by atoms with van der Waals surface area (Å²) in [6, 6.07) is 13.0. The summed E-state index contributed by atoms with van der Waals surface area (Å²) < 4.78 is 10.5. The molecule has 2 aromatic rings. The summed E-state index contributed by atoms with van der Waals surface area (Å²) in [7, 11) is 3.25. The SMILES string of the molecule is CCC(Nc1cc(OC)cc(OC)c1)c1ccccc1O. The van der Waals surface area contributed by atoms with E-state index in [1.807, 2.05) is 36.4 Å². The van der Waals surface area contributed by atoms with E-state index in [2.05, 4.69) is 12.2 Å². The van der Waals surface area contributed by atoms with Crippen LogP contribution in [0.2, 0.25) is 0 Å². The van der Waals surface area contributed by atoms with Crippen molar-refractivity contribution in [1.29, 1.82) is 0 Å². The lowest BCUT2D eigenvalue weighted by atomic mass is 10.0. The smallest absolute Gasteiger partial charge is 0.124 e. The number of para-hydroxylation sites is 1. The van der Waals surface area contributed by atoms with Crippen molar-refractivity contribution >= 4 is 5.69 Å². The van der Waals surface area contributed by atoms with E-state index in [9.17, 15) is 5.11 Å². The number of nitrogens with one attached hydrogen (secondary N) is 1. The standard InChI is InChI=1S/C17H21NO3/c1-4-16(15-7-5-6-8-17(15)19)18-12-9-13(20-2)11-14(10-12)21-3/h5-11,16,18-19H,4H2,1-3H3. The summed E-state index contributed by atoms with van der Waals surface area (Å²) >= 11 is 0. The lowest BCUT2D eigenvalue weighted by Crippen LogP contribution is -2.10. The second-order valence-corrected chi connectivity index (χ2v) is 4.77. The molecule has 1 atom stereocenters. The number of phenols is 1. The minimum Gasteiger partial charge on any atom is -0.508 e. The molecule has 0 aliphatic rings. The van der Waals surface area contributed by atoms with Gasteiger partial charge in [0.15, 0.2) is 0 Å². The minimum atomic E-state index is 0.0167. The second kappa shape index (κ2) is 6.88. The van der Waals surface area contributed by atoms with Gasteiger partial charge in [-0.25, -0.2) is 0 Å². The average molecular weight is 287 g/mol. The third kappa shape index (κ3) is 3.60. The van der Waals surface area contributed by atoms with Crippen LogP contribution in [0.25, 0.3) is 0 Å². The molecule has 112 valence electrons. The number of anilines is 1. The van der Waals surface area contributed by atoms with Crippen LogP contribution in [0.15, 0.2) is 42.5 Å². The summed E-state index contributed by atoms with van der Waals surface area (Å²) in [5, 5.41) is 13.4. The Morgan fingerprint density at radius 1 is 1.05 bits per heavy atom. The van der Waals surface area contributed by atoms with E-state index in [0.29, 0.717) is 5.75 Å². The van der Waals surface area contributed by atoms with Gasteiger partial charge in [0.25, 0.3) is 0 Å². The molecule has 0 spiro atoms. The molecule has 4 nitrogen and oxygen atoms in total. The topological polar surface area (TPSA) is 50.7 Å². The zero-order chi connectivity index (χ0) is 15.2. The van der Waals surface area contributed by atoms with Crippen LogP contribution in [0.1, 0.15) is 24.9 Å². The molecule has 0 aliphatic carbocycles. The number of phenolic OH excluding ortho intramolecular Hbond substituents is 1. The molecule has 0 saturated carbocycles. The maximum Gasteiger partial charge on any atom is 0.124 e. The summed E-state index contributed by atoms with van der Waals surface area (Å²) in [4.78, 5) is 0. The van der Waals surface area contributed by atoms with Gasteiger partial charge in [-0.1, -0.05) is 25.1 Å². The fourth-order valence-electron chi connectivity index (χ4n) is 2.27. The molecular formula is C17H21NO3. The number of aromatic hydroxyl groups is 1. The van der Waals surface area contributed by atoms with Gasteiger partial charge in [-0.2, -0.15) is 0 Å². The van der Waals surface area contributed by atoms with Gasteiger partial charge in [-0.15, -0.1) is 0 Å². The molecule has 0 aromatic heterocycles. The van der Waals surface area contributed by atoms with Crippen molar-refractivity contribution in [1.82, 2.24) is 0 Å². The first-order valence-corrected chi connectivity index (χ1v) is 6.95. The van der Waals surface area contributed by atoms with Gasteiger partial charge in [0, 0.05) is 29.4 Å². The largest absolute Gasteiger partial charge is 0.508 e. The first-order valence-electron chi connectivity index (χ1n) is 6.95. The maximum absolute atomic E-state index is 10.0. The Labute approximate surface area is 125 Å². The summed E-state index contributed by atoms with van der Waals surface area (Å²) in [6.07, 6.45) is 0.844. The van der Waals surface area contributed by atoms with Crippen LogP contribution in [-0.2, 0) is 0 Å². The lowest BCUT2D eigenvalue weighted by molar-refractivity contribution is 0.394. The third-order valence-electron chi connectivity index (χ3n) is 3.41. The predicted molar refractivity (Wildman–Crippen MR) is 84.3 cm³/mol. The molecule has 0 radical (unpaired) electrons. The molecule has 2 N–H and O–H groups in total. The Morgan fingerprint density at radius 2 is 1.67 bits per heavy atom. The van der Waals surface area contributed by atoms with Crippen LogP contribution < -0.4 is 14.8 Å². The first-order chi connectivity index (χ1) is 10.2. The summed E-state index contributed by atoms with van der Waals surface area (Å²) in [6.45, 7) is 2.07. The first kappa shape index (κ1) is 15.0. The normalized spacial score (nSPS) is 11.8. The number of methoxy groups -OCH3 is 2. The zero-order valence-corrected chi connectivity index (χ0v) is 12.6. The van der Waals surface area contributed by atoms with Crippen molar-refractivity contribution in [2.24, 2.45) is 0 Å².